The van der Waals surface area contributed by atoms with Crippen LogP contribution in [0.5, 0.6) is 5.75 Å². The van der Waals surface area contributed by atoms with E-state index >= 15 is 0 Å². The monoisotopic (exact) mass is 279 g/mol. The summed E-state index contributed by atoms with van der Waals surface area (Å²) in [6.45, 7) is 1.69. The summed E-state index contributed by atoms with van der Waals surface area (Å²) >= 11 is 0. The van der Waals surface area contributed by atoms with Gasteiger partial charge >= 0.3 is 0 Å². The Labute approximate surface area is 122 Å². The molecule has 0 saturated heterocycles. The van der Waals surface area contributed by atoms with Gasteiger partial charge in [-0.2, -0.15) is 4.39 Å². The van der Waals surface area contributed by atoms with Crippen molar-refractivity contribution in [3.8, 4) is 28.1 Å². The average molecular weight is 279 g/mol. The molecule has 0 unspecified atom stereocenters. The summed E-state index contributed by atoms with van der Waals surface area (Å²) in [4.78, 5) is 3.96. The highest BCUT2D eigenvalue weighted by atomic mass is 19.1. The van der Waals surface area contributed by atoms with Crippen LogP contribution in [0.25, 0.3) is 22.4 Å². The zero-order valence-electron chi connectivity index (χ0n) is 11.5. The topological polar surface area (TPSA) is 33.1 Å². The van der Waals surface area contributed by atoms with Crippen LogP contribution < -0.4 is 0 Å². The molecule has 0 radical (unpaired) electrons. The van der Waals surface area contributed by atoms with Crippen LogP contribution in [0.4, 0.5) is 4.39 Å². The van der Waals surface area contributed by atoms with Crippen molar-refractivity contribution in [3.63, 3.8) is 0 Å². The van der Waals surface area contributed by atoms with Crippen molar-refractivity contribution in [1.82, 2.24) is 4.98 Å². The molecule has 1 aromatic heterocycles. The van der Waals surface area contributed by atoms with E-state index in [1.54, 1.807) is 25.1 Å². The predicted molar refractivity (Wildman–Crippen MR) is 81.5 cm³/mol. The van der Waals surface area contributed by atoms with Gasteiger partial charge in [-0.25, -0.2) is 4.98 Å². The van der Waals surface area contributed by atoms with Gasteiger partial charge in [0.25, 0.3) is 0 Å². The fourth-order valence-electron chi connectivity index (χ4n) is 2.15. The molecule has 0 aliphatic heterocycles. The summed E-state index contributed by atoms with van der Waals surface area (Å²) in [7, 11) is 0. The van der Waals surface area contributed by atoms with E-state index in [1.807, 2.05) is 42.5 Å². The van der Waals surface area contributed by atoms with E-state index in [2.05, 4.69) is 4.98 Å². The smallest absolute Gasteiger partial charge is 0.216 e. The lowest BCUT2D eigenvalue weighted by Gasteiger charge is -2.05. The van der Waals surface area contributed by atoms with E-state index in [0.717, 1.165) is 16.7 Å². The number of aromatic nitrogens is 1. The lowest BCUT2D eigenvalue weighted by Crippen LogP contribution is -1.91. The summed E-state index contributed by atoms with van der Waals surface area (Å²) in [5, 5.41) is 9.30. The number of rotatable bonds is 2. The first-order valence-corrected chi connectivity index (χ1v) is 6.66. The lowest BCUT2D eigenvalue weighted by molar-refractivity contribution is 0.475. The van der Waals surface area contributed by atoms with Crippen LogP contribution in [0.2, 0.25) is 0 Å². The van der Waals surface area contributed by atoms with Gasteiger partial charge in [0.1, 0.15) is 5.75 Å². The lowest BCUT2D eigenvalue weighted by atomic mass is 10.0. The molecular weight excluding hydrogens is 265 g/mol. The molecule has 1 N–H and O–H groups in total. The second-order valence-corrected chi connectivity index (χ2v) is 4.93. The number of aromatic hydroxyl groups is 1. The Hall–Kier alpha value is -2.68. The van der Waals surface area contributed by atoms with Crippen LogP contribution in [-0.4, -0.2) is 10.1 Å². The minimum atomic E-state index is -0.435. The van der Waals surface area contributed by atoms with E-state index in [4.69, 9.17) is 0 Å². The molecule has 21 heavy (non-hydrogen) atoms. The quantitative estimate of drug-likeness (QED) is 0.697. The molecule has 1 heterocycles. The summed E-state index contributed by atoms with van der Waals surface area (Å²) in [5.41, 5.74) is 4.08. The molecule has 3 rings (SSSR count). The summed E-state index contributed by atoms with van der Waals surface area (Å²) in [6, 6.07) is 18.3. The normalized spacial score (nSPS) is 10.6. The molecule has 0 bridgehead atoms. The third-order valence-corrected chi connectivity index (χ3v) is 3.42. The van der Waals surface area contributed by atoms with E-state index in [0.29, 0.717) is 11.3 Å². The second kappa shape index (κ2) is 5.37. The Morgan fingerprint density at radius 3 is 1.86 bits per heavy atom. The number of hydrogen-bond acceptors (Lipinski definition) is 2. The van der Waals surface area contributed by atoms with Gasteiger partial charge in [0.2, 0.25) is 5.95 Å². The number of benzene rings is 2. The molecule has 2 nitrogen and oxygen atoms in total. The zero-order valence-corrected chi connectivity index (χ0v) is 11.5. The van der Waals surface area contributed by atoms with Gasteiger partial charge in [-0.3, -0.25) is 0 Å². The van der Waals surface area contributed by atoms with Crippen LogP contribution in [0.1, 0.15) is 5.56 Å². The molecule has 104 valence electrons. The zero-order chi connectivity index (χ0) is 14.8. The number of aryl methyl sites for hydroxylation is 1. The number of phenols is 1. The van der Waals surface area contributed by atoms with Crippen molar-refractivity contribution in [2.45, 2.75) is 6.92 Å². The van der Waals surface area contributed by atoms with Crippen LogP contribution in [-0.2, 0) is 0 Å². The van der Waals surface area contributed by atoms with E-state index in [9.17, 15) is 9.50 Å². The Balaban J connectivity index is 1.93. The van der Waals surface area contributed by atoms with Crippen LogP contribution in [0.3, 0.4) is 0 Å². The maximum atomic E-state index is 13.5. The summed E-state index contributed by atoms with van der Waals surface area (Å²) < 4.78 is 13.5. The highest BCUT2D eigenvalue weighted by molar-refractivity contribution is 5.69. The van der Waals surface area contributed by atoms with Crippen molar-refractivity contribution in [2.24, 2.45) is 0 Å². The largest absolute Gasteiger partial charge is 0.508 e. The molecule has 0 saturated carbocycles. The summed E-state index contributed by atoms with van der Waals surface area (Å²) in [5.74, 6) is -0.190. The second-order valence-electron chi connectivity index (χ2n) is 4.93. The van der Waals surface area contributed by atoms with Crippen molar-refractivity contribution in [1.29, 1.82) is 0 Å². The molecular formula is C18H14FNO. The maximum absolute atomic E-state index is 13.5. The van der Waals surface area contributed by atoms with Crippen molar-refractivity contribution in [3.05, 3.63) is 72.2 Å². The van der Waals surface area contributed by atoms with Gasteiger partial charge in [-0.15, -0.1) is 0 Å². The number of phenolic OH excluding ortho intramolecular Hbond substituents is 1. The maximum Gasteiger partial charge on any atom is 0.216 e. The first kappa shape index (κ1) is 13.3. The van der Waals surface area contributed by atoms with E-state index < -0.39 is 5.95 Å². The van der Waals surface area contributed by atoms with Crippen molar-refractivity contribution < 1.29 is 9.50 Å². The van der Waals surface area contributed by atoms with Gasteiger partial charge in [-0.05, 0) is 36.2 Å². The minimum Gasteiger partial charge on any atom is -0.508 e. The molecule has 0 amide bonds. The van der Waals surface area contributed by atoms with Gasteiger partial charge < -0.3 is 5.11 Å². The molecule has 0 fully saturated rings. The molecule has 0 aliphatic rings. The Bertz CT molecular complexity index is 764. The number of halogens is 1. The Kier molecular flexibility index (Phi) is 3.40. The highest BCUT2D eigenvalue weighted by Gasteiger charge is 2.04. The molecule has 0 aliphatic carbocycles. The average Bonchev–Trinajstić information content (AvgIpc) is 2.51. The van der Waals surface area contributed by atoms with Gasteiger partial charge in [0.05, 0.1) is 5.69 Å². The molecule has 0 spiro atoms. The molecule has 3 heteroatoms. The van der Waals surface area contributed by atoms with Crippen LogP contribution >= 0.6 is 0 Å². The fourth-order valence-corrected chi connectivity index (χ4v) is 2.15. The molecule has 2 aromatic carbocycles. The van der Waals surface area contributed by atoms with Crippen LogP contribution in [0, 0.1) is 12.9 Å². The summed E-state index contributed by atoms with van der Waals surface area (Å²) in [6.07, 6.45) is 0. The van der Waals surface area contributed by atoms with Gasteiger partial charge in [-0.1, -0.05) is 42.5 Å². The number of hydrogen-bond donors (Lipinski definition) is 1. The molecule has 0 atom stereocenters. The Morgan fingerprint density at radius 2 is 1.29 bits per heavy atom. The number of nitrogens with zero attached hydrogens (tertiary/aromatic N) is 1. The molecule has 3 aromatic rings. The standard InChI is InChI=1S/C18H14FNO/c1-12-2-11-17(20-18(12)19)15-5-3-13(4-6-15)14-7-9-16(21)10-8-14/h2-11,21H,1H3. The first-order chi connectivity index (χ1) is 10.1. The number of pyridine rings is 1. The Morgan fingerprint density at radius 1 is 0.762 bits per heavy atom. The third-order valence-electron chi connectivity index (χ3n) is 3.42. The van der Waals surface area contributed by atoms with Crippen molar-refractivity contribution >= 4 is 0 Å². The third kappa shape index (κ3) is 2.77. The highest BCUT2D eigenvalue weighted by Crippen LogP contribution is 2.25. The van der Waals surface area contributed by atoms with Crippen molar-refractivity contribution in [2.75, 3.05) is 0 Å². The SMILES string of the molecule is Cc1ccc(-c2ccc(-c3ccc(O)cc3)cc2)nc1F. The minimum absolute atomic E-state index is 0.245. The van der Waals surface area contributed by atoms with E-state index in [1.165, 1.54) is 0 Å². The first-order valence-electron chi connectivity index (χ1n) is 6.66. The predicted octanol–water partition coefficient (Wildman–Crippen LogP) is 4.57. The fraction of sp³-hybridized carbons (Fsp3) is 0.0556. The van der Waals surface area contributed by atoms with Gasteiger partial charge in [0.15, 0.2) is 0 Å². The van der Waals surface area contributed by atoms with Crippen LogP contribution in [0.15, 0.2) is 60.7 Å². The van der Waals surface area contributed by atoms with Gasteiger partial charge in [0, 0.05) is 11.1 Å². The van der Waals surface area contributed by atoms with E-state index in [-0.39, 0.29) is 5.75 Å².